The van der Waals surface area contributed by atoms with Gasteiger partial charge in [0.25, 0.3) is 11.1 Å². The van der Waals surface area contributed by atoms with Crippen LogP contribution in [0.5, 0.6) is 5.88 Å². The second-order valence-electron chi connectivity index (χ2n) is 8.04. The highest BCUT2D eigenvalue weighted by molar-refractivity contribution is 6.30. The third-order valence-electron chi connectivity index (χ3n) is 5.33. The van der Waals surface area contributed by atoms with Gasteiger partial charge in [-0.25, -0.2) is 9.20 Å². The molecule has 3 heterocycles. The molecule has 162 valence electrons. The van der Waals surface area contributed by atoms with Crippen molar-refractivity contribution < 1.29 is 5.11 Å². The van der Waals surface area contributed by atoms with Gasteiger partial charge >= 0.3 is 5.69 Å². The van der Waals surface area contributed by atoms with Crippen LogP contribution >= 0.6 is 11.6 Å². The van der Waals surface area contributed by atoms with Crippen LogP contribution in [0.25, 0.3) is 16.9 Å². The Kier molecular flexibility index (Phi) is 5.01. The Bertz CT molecular complexity index is 1510. The molecule has 10 heteroatoms. The van der Waals surface area contributed by atoms with Gasteiger partial charge in [0, 0.05) is 19.1 Å². The Balaban J connectivity index is 2.17. The van der Waals surface area contributed by atoms with E-state index in [1.54, 1.807) is 24.3 Å². The number of aryl methyl sites for hydroxylation is 1. The molecule has 0 bridgehead atoms. The van der Waals surface area contributed by atoms with Gasteiger partial charge in [0.15, 0.2) is 11.2 Å². The van der Waals surface area contributed by atoms with Crippen molar-refractivity contribution in [3.05, 3.63) is 71.6 Å². The number of fused-ring (bicyclic) bond motifs is 3. The fourth-order valence-electron chi connectivity index (χ4n) is 3.75. The first kappa shape index (κ1) is 20.9. The molecule has 0 aliphatic heterocycles. The first-order valence-corrected chi connectivity index (χ1v) is 10.2. The fourth-order valence-corrected chi connectivity index (χ4v) is 3.88. The van der Waals surface area contributed by atoms with E-state index in [9.17, 15) is 19.5 Å². The van der Waals surface area contributed by atoms with E-state index in [0.717, 1.165) is 10.1 Å². The van der Waals surface area contributed by atoms with Crippen LogP contribution in [0, 0.1) is 5.92 Å². The lowest BCUT2D eigenvalue weighted by atomic mass is 10.0. The average molecular weight is 444 g/mol. The zero-order valence-electron chi connectivity index (χ0n) is 17.6. The molecule has 0 aliphatic carbocycles. The van der Waals surface area contributed by atoms with E-state index < -0.39 is 16.8 Å². The van der Waals surface area contributed by atoms with Gasteiger partial charge in [0.2, 0.25) is 11.7 Å². The van der Waals surface area contributed by atoms with Gasteiger partial charge in [0.05, 0.1) is 12.1 Å². The fraction of sp³-hybridized carbons (Fsp3) is 0.333. The Morgan fingerprint density at radius 2 is 1.68 bits per heavy atom. The van der Waals surface area contributed by atoms with Crippen molar-refractivity contribution in [2.45, 2.75) is 26.8 Å². The molecule has 0 radical (unpaired) electrons. The number of hydrogen-bond acceptors (Lipinski definition) is 5. The number of imidazole rings is 1. The predicted octanol–water partition coefficient (Wildman–Crippen LogP) is 1.65. The molecule has 3 aromatic heterocycles. The Labute approximate surface area is 181 Å². The van der Waals surface area contributed by atoms with Crippen LogP contribution < -0.4 is 16.8 Å². The van der Waals surface area contributed by atoms with Crippen LogP contribution in [0.3, 0.4) is 0 Å². The predicted molar refractivity (Wildman–Crippen MR) is 118 cm³/mol. The molecule has 0 fully saturated rings. The molecular formula is C21H22ClN5O4. The van der Waals surface area contributed by atoms with E-state index in [1.165, 1.54) is 27.6 Å². The Morgan fingerprint density at radius 1 is 1.03 bits per heavy atom. The number of hydrogen-bond donors (Lipinski definition) is 1. The van der Waals surface area contributed by atoms with E-state index in [4.69, 9.17) is 11.6 Å². The van der Waals surface area contributed by atoms with Gasteiger partial charge in [-0.05, 0) is 30.0 Å². The quantitative estimate of drug-likeness (QED) is 0.516. The van der Waals surface area contributed by atoms with Crippen LogP contribution in [0.15, 0.2) is 38.6 Å². The number of halogens is 1. The highest BCUT2D eigenvalue weighted by atomic mass is 35.5. The van der Waals surface area contributed by atoms with Crippen molar-refractivity contribution in [1.82, 2.24) is 23.1 Å². The normalized spacial score (nSPS) is 11.8. The summed E-state index contributed by atoms with van der Waals surface area (Å²) in [6.07, 6.45) is 0.312. The minimum absolute atomic E-state index is 0.000498. The molecule has 0 saturated carbocycles. The molecule has 9 nitrogen and oxygen atoms in total. The van der Waals surface area contributed by atoms with E-state index in [1.807, 2.05) is 13.8 Å². The molecule has 1 aromatic carbocycles. The first-order chi connectivity index (χ1) is 14.6. The first-order valence-electron chi connectivity index (χ1n) is 9.79. The topological polar surface area (TPSA) is 104 Å². The maximum Gasteiger partial charge on any atom is 0.332 e. The van der Waals surface area contributed by atoms with Gasteiger partial charge in [0.1, 0.15) is 0 Å². The average Bonchev–Trinajstić information content (AvgIpc) is 3.13. The number of benzene rings is 1. The third-order valence-corrected chi connectivity index (χ3v) is 5.59. The molecule has 0 atom stereocenters. The van der Waals surface area contributed by atoms with Crippen LogP contribution in [0.2, 0.25) is 5.02 Å². The summed E-state index contributed by atoms with van der Waals surface area (Å²) in [4.78, 5) is 43.1. The molecule has 0 amide bonds. The zero-order chi connectivity index (χ0) is 22.6. The van der Waals surface area contributed by atoms with Crippen molar-refractivity contribution in [2.24, 2.45) is 20.0 Å². The molecule has 4 rings (SSSR count). The Hall–Kier alpha value is -3.33. The van der Waals surface area contributed by atoms with Gasteiger partial charge < -0.3 is 5.11 Å². The van der Waals surface area contributed by atoms with E-state index in [0.29, 0.717) is 11.4 Å². The maximum absolute atomic E-state index is 13.4. The summed E-state index contributed by atoms with van der Waals surface area (Å²) in [5, 5.41) is 11.6. The summed E-state index contributed by atoms with van der Waals surface area (Å²) in [6, 6.07) is 7.06. The molecule has 4 aromatic rings. The summed E-state index contributed by atoms with van der Waals surface area (Å²) in [6.45, 7) is 4.05. The molecular weight excluding hydrogens is 422 g/mol. The lowest BCUT2D eigenvalue weighted by Crippen LogP contribution is -2.38. The summed E-state index contributed by atoms with van der Waals surface area (Å²) >= 11 is 5.98. The van der Waals surface area contributed by atoms with Crippen molar-refractivity contribution >= 4 is 28.5 Å². The second-order valence-corrected chi connectivity index (χ2v) is 8.48. The zero-order valence-corrected chi connectivity index (χ0v) is 18.3. The lowest BCUT2D eigenvalue weighted by molar-refractivity contribution is 0.407. The summed E-state index contributed by atoms with van der Waals surface area (Å²) in [7, 11) is 2.84. The van der Waals surface area contributed by atoms with Crippen molar-refractivity contribution in [1.29, 1.82) is 0 Å². The molecule has 0 unspecified atom stereocenters. The molecule has 0 saturated heterocycles. The van der Waals surface area contributed by atoms with E-state index in [-0.39, 0.29) is 40.8 Å². The number of aromatic nitrogens is 5. The lowest BCUT2D eigenvalue weighted by Gasteiger charge is -2.15. The smallest absolute Gasteiger partial charge is 0.332 e. The summed E-state index contributed by atoms with van der Waals surface area (Å²) in [5.41, 5.74) is -0.616. The van der Waals surface area contributed by atoms with Crippen molar-refractivity contribution in [3.8, 4) is 5.88 Å². The van der Waals surface area contributed by atoms with Crippen LogP contribution in [-0.4, -0.2) is 28.2 Å². The van der Waals surface area contributed by atoms with Gasteiger partial charge in [-0.15, -0.1) is 0 Å². The minimum atomic E-state index is -0.623. The maximum atomic E-state index is 13.4. The number of aromatic hydroxyl groups is 1. The largest absolute Gasteiger partial charge is 0.494 e. The van der Waals surface area contributed by atoms with Crippen molar-refractivity contribution in [3.63, 3.8) is 0 Å². The van der Waals surface area contributed by atoms with Gasteiger partial charge in [-0.3, -0.25) is 23.3 Å². The SMILES string of the molecule is CC(C)Cc1c(O)n(Cc2ccc(Cl)cc2)c2nc3c(c(=O)n(C)c(=O)n3C)n2c1=O. The highest BCUT2D eigenvalue weighted by Crippen LogP contribution is 2.23. The standard InChI is InChI=1S/C21H22ClN5O4/c1-11(2)9-14-17(28)26(10-12-5-7-13(22)8-6-12)20-23-16-15(27(20)18(14)29)19(30)25(4)21(31)24(16)3/h5-8,11,28H,9-10H2,1-4H3. The van der Waals surface area contributed by atoms with Gasteiger partial charge in [-0.2, -0.15) is 4.98 Å². The summed E-state index contributed by atoms with van der Waals surface area (Å²) in [5.74, 6) is -0.0430. The van der Waals surface area contributed by atoms with E-state index in [2.05, 4.69) is 4.98 Å². The van der Waals surface area contributed by atoms with Crippen LogP contribution in [0.4, 0.5) is 0 Å². The Morgan fingerprint density at radius 3 is 2.29 bits per heavy atom. The van der Waals surface area contributed by atoms with Crippen LogP contribution in [-0.2, 0) is 27.1 Å². The van der Waals surface area contributed by atoms with Gasteiger partial charge in [-0.1, -0.05) is 37.6 Å². The third kappa shape index (κ3) is 3.25. The van der Waals surface area contributed by atoms with Crippen molar-refractivity contribution in [2.75, 3.05) is 0 Å². The number of nitrogens with zero attached hydrogens (tertiary/aromatic N) is 5. The second kappa shape index (κ2) is 7.42. The number of rotatable bonds is 4. The molecule has 0 aliphatic rings. The minimum Gasteiger partial charge on any atom is -0.494 e. The van der Waals surface area contributed by atoms with Crippen LogP contribution in [0.1, 0.15) is 25.0 Å². The highest BCUT2D eigenvalue weighted by Gasteiger charge is 2.24. The monoisotopic (exact) mass is 443 g/mol. The molecule has 1 N–H and O–H groups in total. The van der Waals surface area contributed by atoms with E-state index >= 15 is 0 Å². The summed E-state index contributed by atoms with van der Waals surface area (Å²) < 4.78 is 4.83. The molecule has 31 heavy (non-hydrogen) atoms. The molecule has 0 spiro atoms.